The van der Waals surface area contributed by atoms with Crippen molar-refractivity contribution in [3.63, 3.8) is 0 Å². The van der Waals surface area contributed by atoms with Crippen molar-refractivity contribution < 1.29 is 28.6 Å². The van der Waals surface area contributed by atoms with Gasteiger partial charge >= 0.3 is 5.97 Å². The molecular formula is C27H23N3O6. The number of nitrogens with one attached hydrogen (secondary N) is 1. The van der Waals surface area contributed by atoms with Gasteiger partial charge in [-0.05, 0) is 44.0 Å². The largest absolute Gasteiger partial charge is 0.458 e. The number of fused-ring (bicyclic) bond motifs is 1. The Morgan fingerprint density at radius 2 is 1.86 bits per heavy atom. The summed E-state index contributed by atoms with van der Waals surface area (Å²) in [7, 11) is 0. The molecule has 0 spiro atoms. The topological polar surface area (TPSA) is 107 Å². The van der Waals surface area contributed by atoms with Gasteiger partial charge in [0.1, 0.15) is 11.6 Å². The minimum absolute atomic E-state index is 0.0954. The first-order chi connectivity index (χ1) is 17.2. The van der Waals surface area contributed by atoms with Crippen LogP contribution in [-0.4, -0.2) is 41.9 Å². The van der Waals surface area contributed by atoms with Crippen LogP contribution in [0.2, 0.25) is 0 Å². The van der Waals surface area contributed by atoms with E-state index in [0.717, 1.165) is 11.3 Å². The number of carbonyl (C=O) groups excluding carboxylic acids is 3. The molecule has 0 aromatic heterocycles. The lowest BCUT2D eigenvalue weighted by molar-refractivity contribution is -0.156. The minimum Gasteiger partial charge on any atom is -0.458 e. The molecular weight excluding hydrogens is 462 g/mol. The molecule has 1 unspecified atom stereocenters. The molecule has 182 valence electrons. The van der Waals surface area contributed by atoms with Crippen LogP contribution in [0.4, 0.5) is 5.69 Å². The van der Waals surface area contributed by atoms with Crippen molar-refractivity contribution in [2.45, 2.75) is 38.8 Å². The number of imide groups is 1. The van der Waals surface area contributed by atoms with Crippen molar-refractivity contribution in [3.8, 4) is 11.5 Å². The number of esters is 1. The normalized spacial score (nSPS) is 19.8. The highest BCUT2D eigenvalue weighted by atomic mass is 16.7. The van der Waals surface area contributed by atoms with E-state index in [1.807, 2.05) is 43.9 Å². The molecule has 4 aliphatic rings. The van der Waals surface area contributed by atoms with Gasteiger partial charge in [-0.2, -0.15) is 0 Å². The Hall–Kier alpha value is -4.40. The van der Waals surface area contributed by atoms with Gasteiger partial charge in [-0.3, -0.25) is 19.9 Å². The average Bonchev–Trinajstić information content (AvgIpc) is 3.46. The second-order valence-corrected chi connectivity index (χ2v) is 9.85. The molecule has 9 nitrogen and oxygen atoms in total. The summed E-state index contributed by atoms with van der Waals surface area (Å²) in [6.07, 6.45) is 3.71. The molecule has 1 atom stereocenters. The fraction of sp³-hybridized carbons (Fsp3) is 0.259. The maximum absolute atomic E-state index is 13.1. The lowest BCUT2D eigenvalue weighted by atomic mass is 9.92. The van der Waals surface area contributed by atoms with E-state index in [0.29, 0.717) is 34.8 Å². The molecule has 0 radical (unpaired) electrons. The number of nitrogens with zero attached hydrogens (tertiary/aromatic N) is 2. The second-order valence-electron chi connectivity index (χ2n) is 9.85. The van der Waals surface area contributed by atoms with Crippen molar-refractivity contribution >= 4 is 34.8 Å². The first-order valence-electron chi connectivity index (χ1n) is 11.6. The summed E-state index contributed by atoms with van der Waals surface area (Å²) < 4.78 is 16.5. The van der Waals surface area contributed by atoms with Crippen LogP contribution < -0.4 is 19.7 Å². The standard InChI is InChI=1S/C27H23N3O6/c1-27(2,3)36-26(33)17-11-15-5-4-6-16-22(28-9-10-30(17)23(15)16)21-20(24(31)29-25(21)32)14-7-8-18-19(12-14)35-13-34-18/h4-10,12,17H,11,13H2,1-3H3,(H,29,31,32). The predicted molar refractivity (Wildman–Crippen MR) is 131 cm³/mol. The Morgan fingerprint density at radius 3 is 2.67 bits per heavy atom. The third-order valence-electron chi connectivity index (χ3n) is 6.32. The molecule has 4 aliphatic heterocycles. The van der Waals surface area contributed by atoms with Crippen molar-refractivity contribution in [1.82, 2.24) is 5.32 Å². The number of rotatable bonds is 3. The molecule has 0 saturated carbocycles. The highest BCUT2D eigenvalue weighted by Crippen LogP contribution is 2.41. The quantitative estimate of drug-likeness (QED) is 0.526. The third kappa shape index (κ3) is 3.46. The van der Waals surface area contributed by atoms with Gasteiger partial charge in [0, 0.05) is 24.4 Å². The summed E-state index contributed by atoms with van der Waals surface area (Å²) in [6.45, 7) is 5.59. The maximum atomic E-state index is 13.1. The van der Waals surface area contributed by atoms with Gasteiger partial charge in [0.15, 0.2) is 11.5 Å². The van der Waals surface area contributed by atoms with Crippen LogP contribution in [0.5, 0.6) is 11.5 Å². The van der Waals surface area contributed by atoms with E-state index in [1.54, 1.807) is 30.6 Å². The van der Waals surface area contributed by atoms with E-state index in [1.165, 1.54) is 0 Å². The molecule has 9 heteroatoms. The van der Waals surface area contributed by atoms with Crippen LogP contribution in [0, 0.1) is 0 Å². The number of carbonyl (C=O) groups is 3. The number of hydrogen-bond donors (Lipinski definition) is 1. The lowest BCUT2D eigenvalue weighted by Gasteiger charge is -2.27. The third-order valence-corrected chi connectivity index (χ3v) is 6.32. The Labute approximate surface area is 207 Å². The number of anilines is 1. The van der Waals surface area contributed by atoms with Gasteiger partial charge in [-0.15, -0.1) is 0 Å². The maximum Gasteiger partial charge on any atom is 0.329 e. The summed E-state index contributed by atoms with van der Waals surface area (Å²) in [4.78, 5) is 45.5. The van der Waals surface area contributed by atoms with E-state index < -0.39 is 23.5 Å². The zero-order chi connectivity index (χ0) is 25.2. The molecule has 0 bridgehead atoms. The lowest BCUT2D eigenvalue weighted by Crippen LogP contribution is -2.40. The molecule has 4 heterocycles. The van der Waals surface area contributed by atoms with E-state index in [-0.39, 0.29) is 23.9 Å². The van der Waals surface area contributed by atoms with Crippen LogP contribution in [-0.2, 0) is 25.5 Å². The van der Waals surface area contributed by atoms with Crippen LogP contribution in [0.1, 0.15) is 37.5 Å². The monoisotopic (exact) mass is 485 g/mol. The Kier molecular flexibility index (Phi) is 4.79. The minimum atomic E-state index is -0.626. The van der Waals surface area contributed by atoms with Gasteiger partial charge < -0.3 is 19.1 Å². The highest BCUT2D eigenvalue weighted by molar-refractivity contribution is 6.48. The Morgan fingerprint density at radius 1 is 1.08 bits per heavy atom. The van der Waals surface area contributed by atoms with Crippen molar-refractivity contribution in [2.75, 3.05) is 11.7 Å². The number of benzene rings is 2. The van der Waals surface area contributed by atoms with E-state index in [2.05, 4.69) is 10.3 Å². The molecule has 2 aromatic rings. The van der Waals surface area contributed by atoms with E-state index in [9.17, 15) is 14.4 Å². The SMILES string of the molecule is CC(C)(C)OC(=O)C1Cc2cccc3c2N1C=CN=C3C1=C(c2ccc3c(c2)OCO3)C(=O)NC1=O. The molecule has 2 aromatic carbocycles. The van der Waals surface area contributed by atoms with Crippen LogP contribution in [0.15, 0.2) is 59.4 Å². The number of aliphatic imine (C=N–C) groups is 1. The first kappa shape index (κ1) is 22.1. The van der Waals surface area contributed by atoms with Crippen molar-refractivity contribution in [3.05, 3.63) is 71.1 Å². The fourth-order valence-corrected chi connectivity index (χ4v) is 4.92. The zero-order valence-electron chi connectivity index (χ0n) is 20.0. The summed E-state index contributed by atoms with van der Waals surface area (Å²) in [5.74, 6) is -0.313. The van der Waals surface area contributed by atoms with E-state index in [4.69, 9.17) is 14.2 Å². The van der Waals surface area contributed by atoms with Gasteiger partial charge in [0.25, 0.3) is 11.8 Å². The Balaban J connectivity index is 1.47. The van der Waals surface area contributed by atoms with Gasteiger partial charge in [-0.25, -0.2) is 4.79 Å². The molecule has 1 N–H and O–H groups in total. The highest BCUT2D eigenvalue weighted by Gasteiger charge is 2.42. The smallest absolute Gasteiger partial charge is 0.329 e. The summed E-state index contributed by atoms with van der Waals surface area (Å²) in [6, 6.07) is 10.2. The van der Waals surface area contributed by atoms with E-state index >= 15 is 0 Å². The van der Waals surface area contributed by atoms with Gasteiger partial charge in [0.05, 0.1) is 22.5 Å². The molecule has 0 fully saturated rings. The Bertz CT molecular complexity index is 1450. The molecule has 2 amide bonds. The van der Waals surface area contributed by atoms with Crippen LogP contribution in [0.25, 0.3) is 5.57 Å². The molecule has 6 rings (SSSR count). The van der Waals surface area contributed by atoms with Gasteiger partial charge in [0.2, 0.25) is 6.79 Å². The molecule has 0 saturated heterocycles. The number of amides is 2. The molecule has 0 aliphatic carbocycles. The fourth-order valence-electron chi connectivity index (χ4n) is 4.92. The predicted octanol–water partition coefficient (Wildman–Crippen LogP) is 2.87. The second kappa shape index (κ2) is 7.81. The number of hydrogen-bond acceptors (Lipinski definition) is 8. The summed E-state index contributed by atoms with van der Waals surface area (Å²) in [5, 5.41) is 2.41. The summed E-state index contributed by atoms with van der Waals surface area (Å²) in [5.41, 5.74) is 2.97. The summed E-state index contributed by atoms with van der Waals surface area (Å²) >= 11 is 0. The zero-order valence-corrected chi connectivity index (χ0v) is 20.0. The van der Waals surface area contributed by atoms with Crippen LogP contribution >= 0.6 is 0 Å². The average molecular weight is 485 g/mol. The van der Waals surface area contributed by atoms with Gasteiger partial charge in [-0.1, -0.05) is 24.3 Å². The van der Waals surface area contributed by atoms with Crippen LogP contribution in [0.3, 0.4) is 0 Å². The number of ether oxygens (including phenoxy) is 3. The molecule has 36 heavy (non-hydrogen) atoms. The van der Waals surface area contributed by atoms with Crippen molar-refractivity contribution in [2.24, 2.45) is 4.99 Å². The van der Waals surface area contributed by atoms with Crippen molar-refractivity contribution in [1.29, 1.82) is 0 Å². The number of para-hydroxylation sites is 1. The first-order valence-corrected chi connectivity index (χ1v) is 11.6.